The van der Waals surface area contributed by atoms with Gasteiger partial charge in [-0.15, -0.1) is 0 Å². The summed E-state index contributed by atoms with van der Waals surface area (Å²) >= 11 is 3.20. The zero-order chi connectivity index (χ0) is 14.9. The normalized spacial score (nSPS) is 23.7. The van der Waals surface area contributed by atoms with E-state index in [0.717, 1.165) is 8.78 Å². The SMILES string of the molecule is O=C(O)NC1CN(S(=O)(=O)c2ccc(Br)cc2)CC1F. The van der Waals surface area contributed by atoms with Crippen molar-refractivity contribution in [3.05, 3.63) is 28.7 Å². The third-order valence-corrected chi connectivity index (χ3v) is 5.35. The summed E-state index contributed by atoms with van der Waals surface area (Å²) in [7, 11) is -3.82. The molecule has 1 heterocycles. The zero-order valence-corrected chi connectivity index (χ0v) is 12.6. The van der Waals surface area contributed by atoms with Gasteiger partial charge < -0.3 is 10.4 Å². The maximum atomic E-state index is 13.7. The number of alkyl halides is 1. The average molecular weight is 367 g/mol. The number of amides is 1. The molecule has 1 saturated heterocycles. The molecule has 0 aromatic heterocycles. The summed E-state index contributed by atoms with van der Waals surface area (Å²) < 4.78 is 39.9. The van der Waals surface area contributed by atoms with Gasteiger partial charge in [-0.25, -0.2) is 17.6 Å². The van der Waals surface area contributed by atoms with Crippen molar-refractivity contribution in [3.63, 3.8) is 0 Å². The van der Waals surface area contributed by atoms with Crippen LogP contribution in [0.4, 0.5) is 9.18 Å². The second-order valence-electron chi connectivity index (χ2n) is 4.35. The van der Waals surface area contributed by atoms with Crippen molar-refractivity contribution >= 4 is 32.0 Å². The van der Waals surface area contributed by atoms with Gasteiger partial charge in [0.1, 0.15) is 6.17 Å². The number of hydrogen-bond donors (Lipinski definition) is 2. The Morgan fingerprint density at radius 2 is 1.95 bits per heavy atom. The second kappa shape index (κ2) is 5.66. The first-order valence-electron chi connectivity index (χ1n) is 5.70. The van der Waals surface area contributed by atoms with Gasteiger partial charge in [0.25, 0.3) is 0 Å². The second-order valence-corrected chi connectivity index (χ2v) is 7.20. The van der Waals surface area contributed by atoms with Crippen LogP contribution in [-0.2, 0) is 10.0 Å². The van der Waals surface area contributed by atoms with E-state index in [2.05, 4.69) is 15.9 Å². The van der Waals surface area contributed by atoms with E-state index in [1.807, 2.05) is 5.32 Å². The summed E-state index contributed by atoms with van der Waals surface area (Å²) in [5.74, 6) is 0. The lowest BCUT2D eigenvalue weighted by molar-refractivity contribution is 0.183. The fourth-order valence-corrected chi connectivity index (χ4v) is 3.71. The van der Waals surface area contributed by atoms with Crippen molar-refractivity contribution in [2.24, 2.45) is 0 Å². The van der Waals surface area contributed by atoms with Crippen LogP contribution in [-0.4, -0.2) is 49.2 Å². The molecule has 0 spiro atoms. The van der Waals surface area contributed by atoms with Gasteiger partial charge in [-0.1, -0.05) is 15.9 Å². The van der Waals surface area contributed by atoms with Gasteiger partial charge >= 0.3 is 6.09 Å². The molecule has 0 radical (unpaired) electrons. The molecule has 1 aromatic rings. The van der Waals surface area contributed by atoms with E-state index in [1.54, 1.807) is 12.1 Å². The van der Waals surface area contributed by atoms with Crippen LogP contribution in [0.3, 0.4) is 0 Å². The van der Waals surface area contributed by atoms with Crippen molar-refractivity contribution < 1.29 is 22.7 Å². The van der Waals surface area contributed by atoms with Gasteiger partial charge in [0, 0.05) is 17.6 Å². The number of benzene rings is 1. The van der Waals surface area contributed by atoms with E-state index < -0.39 is 28.3 Å². The molecule has 2 unspecified atom stereocenters. The van der Waals surface area contributed by atoms with Crippen LogP contribution in [0.1, 0.15) is 0 Å². The van der Waals surface area contributed by atoms with Crippen molar-refractivity contribution in [1.29, 1.82) is 0 Å². The fraction of sp³-hybridized carbons (Fsp3) is 0.364. The van der Waals surface area contributed by atoms with Crippen LogP contribution in [0.15, 0.2) is 33.6 Å². The molecule has 0 bridgehead atoms. The van der Waals surface area contributed by atoms with E-state index >= 15 is 0 Å². The maximum Gasteiger partial charge on any atom is 0.405 e. The molecule has 1 aliphatic rings. The highest BCUT2D eigenvalue weighted by Gasteiger charge is 2.40. The third-order valence-electron chi connectivity index (χ3n) is 2.98. The zero-order valence-electron chi connectivity index (χ0n) is 10.2. The number of carbonyl (C=O) groups is 1. The summed E-state index contributed by atoms with van der Waals surface area (Å²) in [6, 6.07) is 4.92. The van der Waals surface area contributed by atoms with Crippen molar-refractivity contribution in [2.45, 2.75) is 17.1 Å². The van der Waals surface area contributed by atoms with E-state index in [-0.39, 0.29) is 18.0 Å². The molecule has 20 heavy (non-hydrogen) atoms. The Hall–Kier alpha value is -1.19. The number of hydrogen-bond acceptors (Lipinski definition) is 3. The van der Waals surface area contributed by atoms with Crippen LogP contribution in [0, 0.1) is 0 Å². The van der Waals surface area contributed by atoms with Crippen LogP contribution in [0.25, 0.3) is 0 Å². The Morgan fingerprint density at radius 1 is 1.35 bits per heavy atom. The highest BCUT2D eigenvalue weighted by atomic mass is 79.9. The van der Waals surface area contributed by atoms with Crippen molar-refractivity contribution in [2.75, 3.05) is 13.1 Å². The molecule has 0 aliphatic carbocycles. The molecule has 9 heteroatoms. The Bertz CT molecular complexity index is 607. The smallest absolute Gasteiger partial charge is 0.405 e. The number of nitrogens with zero attached hydrogens (tertiary/aromatic N) is 1. The van der Waals surface area contributed by atoms with Gasteiger partial charge in [-0.05, 0) is 24.3 Å². The minimum Gasteiger partial charge on any atom is -0.465 e. The van der Waals surface area contributed by atoms with Gasteiger partial charge in [0.2, 0.25) is 10.0 Å². The minimum absolute atomic E-state index is 0.0453. The van der Waals surface area contributed by atoms with Gasteiger partial charge in [-0.2, -0.15) is 4.31 Å². The largest absolute Gasteiger partial charge is 0.465 e. The predicted octanol–water partition coefficient (Wildman–Crippen LogP) is 1.43. The van der Waals surface area contributed by atoms with E-state index in [9.17, 15) is 17.6 Å². The van der Waals surface area contributed by atoms with Crippen molar-refractivity contribution in [1.82, 2.24) is 9.62 Å². The van der Waals surface area contributed by atoms with Gasteiger partial charge in [0.05, 0.1) is 10.9 Å². The van der Waals surface area contributed by atoms with Crippen LogP contribution < -0.4 is 5.32 Å². The Morgan fingerprint density at radius 3 is 2.50 bits per heavy atom. The number of nitrogens with one attached hydrogen (secondary N) is 1. The monoisotopic (exact) mass is 366 g/mol. The molecular formula is C11H12BrFN2O4S. The number of carboxylic acid groups (broad SMARTS) is 1. The average Bonchev–Trinajstić information content (AvgIpc) is 2.71. The molecule has 2 N–H and O–H groups in total. The van der Waals surface area contributed by atoms with E-state index in [1.165, 1.54) is 12.1 Å². The van der Waals surface area contributed by atoms with Crippen molar-refractivity contribution in [3.8, 4) is 0 Å². The molecule has 6 nitrogen and oxygen atoms in total. The first-order valence-corrected chi connectivity index (χ1v) is 7.93. The van der Waals surface area contributed by atoms with Gasteiger partial charge in [0.15, 0.2) is 0 Å². The molecule has 1 aromatic carbocycles. The quantitative estimate of drug-likeness (QED) is 0.846. The summed E-state index contributed by atoms with van der Waals surface area (Å²) in [6.07, 6.45) is -2.93. The number of sulfonamides is 1. The lowest BCUT2D eigenvalue weighted by atomic mass is 10.2. The molecule has 2 rings (SSSR count). The predicted molar refractivity (Wildman–Crippen MR) is 72.7 cm³/mol. The highest BCUT2D eigenvalue weighted by molar-refractivity contribution is 9.10. The van der Waals surface area contributed by atoms with E-state index in [0.29, 0.717) is 0 Å². The topological polar surface area (TPSA) is 86.7 Å². The number of halogens is 2. The molecule has 2 atom stereocenters. The summed E-state index contributed by atoms with van der Waals surface area (Å²) in [5, 5.41) is 10.6. The first kappa shape index (κ1) is 15.2. The van der Waals surface area contributed by atoms with Crippen LogP contribution in [0.2, 0.25) is 0 Å². The molecule has 1 aliphatic heterocycles. The van der Waals surface area contributed by atoms with Crippen LogP contribution >= 0.6 is 15.9 Å². The first-order chi connectivity index (χ1) is 9.30. The Labute approximate surface area is 123 Å². The lowest BCUT2D eigenvalue weighted by Gasteiger charge is -2.16. The van der Waals surface area contributed by atoms with Gasteiger partial charge in [-0.3, -0.25) is 0 Å². The van der Waals surface area contributed by atoms with E-state index in [4.69, 9.17) is 5.11 Å². The molecule has 110 valence electrons. The molecular weight excluding hydrogens is 355 g/mol. The Balaban J connectivity index is 2.19. The maximum absolute atomic E-state index is 13.7. The molecule has 0 saturated carbocycles. The van der Waals surface area contributed by atoms with Crippen LogP contribution in [0.5, 0.6) is 0 Å². The standard InChI is InChI=1S/C11H12BrFN2O4S/c12-7-1-3-8(4-2-7)20(18,19)15-5-9(13)10(6-15)14-11(16)17/h1-4,9-10,14H,5-6H2,(H,16,17). The third kappa shape index (κ3) is 3.10. The molecule has 1 fully saturated rings. The lowest BCUT2D eigenvalue weighted by Crippen LogP contribution is -2.40. The highest BCUT2D eigenvalue weighted by Crippen LogP contribution is 2.24. The summed E-state index contributed by atoms with van der Waals surface area (Å²) in [6.45, 7) is -0.574. The summed E-state index contributed by atoms with van der Waals surface area (Å²) in [5.41, 5.74) is 0. The number of rotatable bonds is 3. The summed E-state index contributed by atoms with van der Waals surface area (Å²) in [4.78, 5) is 10.6. The molecule has 1 amide bonds. The fourth-order valence-electron chi connectivity index (χ4n) is 1.98. The Kier molecular flexibility index (Phi) is 4.31. The minimum atomic E-state index is -3.82.